The normalized spacial score (nSPS) is 14.3. The largest absolute Gasteiger partial charge is 0.472 e. The molecule has 0 aromatic carbocycles. The third-order valence-corrected chi connectivity index (χ3v) is 18.7. The monoisotopic (exact) mass is 1380 g/mol. The van der Waals surface area contributed by atoms with E-state index in [1.807, 2.05) is 0 Å². The van der Waals surface area contributed by atoms with Gasteiger partial charge in [-0.05, 0) is 69.1 Å². The minimum atomic E-state index is -4.96. The van der Waals surface area contributed by atoms with Crippen molar-refractivity contribution in [2.24, 2.45) is 17.8 Å². The van der Waals surface area contributed by atoms with E-state index in [2.05, 4.69) is 72.8 Å². The number of aliphatic hydroxyl groups is 1. The summed E-state index contributed by atoms with van der Waals surface area (Å²) in [5.41, 5.74) is 0. The second-order valence-corrected chi connectivity index (χ2v) is 30.7. The minimum absolute atomic E-state index is 0.100. The number of ether oxygens (including phenoxy) is 4. The third-order valence-electron chi connectivity index (χ3n) is 16.8. The van der Waals surface area contributed by atoms with E-state index >= 15 is 0 Å². The summed E-state index contributed by atoms with van der Waals surface area (Å²) >= 11 is 0. The molecular formula is C75H142O17P2. The molecule has 0 aliphatic carbocycles. The van der Waals surface area contributed by atoms with Crippen LogP contribution < -0.4 is 0 Å². The summed E-state index contributed by atoms with van der Waals surface area (Å²) in [4.78, 5) is 72.7. The molecule has 0 aromatic heterocycles. The fourth-order valence-corrected chi connectivity index (χ4v) is 12.5. The molecular weight excluding hydrogens is 1230 g/mol. The molecule has 0 aliphatic heterocycles. The van der Waals surface area contributed by atoms with Crippen LogP contribution in [0.4, 0.5) is 0 Å². The smallest absolute Gasteiger partial charge is 0.462 e. The van der Waals surface area contributed by atoms with Crippen molar-refractivity contribution in [3.05, 3.63) is 24.3 Å². The Morgan fingerprint density at radius 2 is 0.574 bits per heavy atom. The standard InChI is InChI=1S/C75H142O17P2/c1-8-9-10-11-12-13-14-15-16-20-23-26-35-42-49-56-72(77)85-62-70(91-74(79)58-51-44-37-27-24-21-18-17-19-22-25-32-39-46-53-66(2)3)64-89-93(81,82)87-60-69(76)61-88-94(83,84)90-65-71(92-75(80)59-52-45-38-31-29-34-41-48-55-68(6)7)63-86-73(78)57-50-43-36-30-28-33-40-47-54-67(4)5/h13-16,66-71,76H,8-12,17-65H2,1-7H3,(H,81,82)(H,83,84)/b14-13-,16-15-/t69?,70-,71-/m1/s1. The van der Waals surface area contributed by atoms with Crippen molar-refractivity contribution in [3.63, 3.8) is 0 Å². The highest BCUT2D eigenvalue weighted by atomic mass is 31.2. The van der Waals surface area contributed by atoms with E-state index in [4.69, 9.17) is 37.0 Å². The van der Waals surface area contributed by atoms with E-state index in [0.29, 0.717) is 31.6 Å². The van der Waals surface area contributed by atoms with Gasteiger partial charge < -0.3 is 33.8 Å². The maximum absolute atomic E-state index is 13.1. The lowest BCUT2D eigenvalue weighted by atomic mass is 10.0. The summed E-state index contributed by atoms with van der Waals surface area (Å²) in [6, 6.07) is 0. The van der Waals surface area contributed by atoms with Gasteiger partial charge in [0, 0.05) is 25.7 Å². The first-order valence-corrected chi connectivity index (χ1v) is 41.2. The average Bonchev–Trinajstić information content (AvgIpc) is 1.44. The Balaban J connectivity index is 5.29. The van der Waals surface area contributed by atoms with Crippen LogP contribution in [0.15, 0.2) is 24.3 Å². The van der Waals surface area contributed by atoms with Gasteiger partial charge in [-0.15, -0.1) is 0 Å². The lowest BCUT2D eigenvalue weighted by molar-refractivity contribution is -0.161. The van der Waals surface area contributed by atoms with Gasteiger partial charge in [0.15, 0.2) is 12.2 Å². The molecule has 17 nitrogen and oxygen atoms in total. The fourth-order valence-electron chi connectivity index (χ4n) is 10.9. The third kappa shape index (κ3) is 68.1. The second kappa shape index (κ2) is 65.2. The Labute approximate surface area is 573 Å². The maximum atomic E-state index is 13.1. The summed E-state index contributed by atoms with van der Waals surface area (Å²) in [6.45, 7) is 11.8. The molecule has 0 amide bonds. The van der Waals surface area contributed by atoms with Gasteiger partial charge in [0.25, 0.3) is 0 Å². The van der Waals surface area contributed by atoms with Crippen LogP contribution in [-0.2, 0) is 65.4 Å². The van der Waals surface area contributed by atoms with Gasteiger partial charge in [-0.1, -0.05) is 304 Å². The molecule has 0 saturated carbocycles. The number of carbonyl (C=O) groups excluding carboxylic acids is 4. The first kappa shape index (κ1) is 91.5. The first-order valence-electron chi connectivity index (χ1n) is 38.2. The maximum Gasteiger partial charge on any atom is 0.472 e. The number of hydrogen-bond acceptors (Lipinski definition) is 15. The van der Waals surface area contributed by atoms with Gasteiger partial charge in [-0.25, -0.2) is 9.13 Å². The van der Waals surface area contributed by atoms with Gasteiger partial charge >= 0.3 is 39.5 Å². The second-order valence-electron chi connectivity index (χ2n) is 27.8. The lowest BCUT2D eigenvalue weighted by Crippen LogP contribution is -2.30. The molecule has 554 valence electrons. The van der Waals surface area contributed by atoms with Crippen LogP contribution in [0.3, 0.4) is 0 Å². The molecule has 0 aliphatic rings. The van der Waals surface area contributed by atoms with E-state index < -0.39 is 97.5 Å². The Morgan fingerprint density at radius 1 is 0.330 bits per heavy atom. The Kier molecular flexibility index (Phi) is 63.5. The number of phosphoric ester groups is 2. The number of hydrogen-bond donors (Lipinski definition) is 3. The molecule has 0 radical (unpaired) electrons. The Morgan fingerprint density at radius 3 is 0.862 bits per heavy atom. The van der Waals surface area contributed by atoms with Crippen molar-refractivity contribution >= 4 is 39.5 Å². The van der Waals surface area contributed by atoms with E-state index in [1.165, 1.54) is 148 Å². The average molecular weight is 1380 g/mol. The molecule has 0 heterocycles. The van der Waals surface area contributed by atoms with Crippen molar-refractivity contribution in [1.29, 1.82) is 0 Å². The van der Waals surface area contributed by atoms with Crippen molar-refractivity contribution in [2.45, 2.75) is 375 Å². The molecule has 0 rings (SSSR count). The molecule has 19 heteroatoms. The molecule has 0 spiro atoms. The number of unbranched alkanes of at least 4 members (excludes halogenated alkanes) is 36. The van der Waals surface area contributed by atoms with E-state index in [9.17, 15) is 43.2 Å². The van der Waals surface area contributed by atoms with Crippen LogP contribution in [-0.4, -0.2) is 96.7 Å². The summed E-state index contributed by atoms with van der Waals surface area (Å²) in [5.74, 6) is 0.0825. The van der Waals surface area contributed by atoms with Crippen molar-refractivity contribution in [1.82, 2.24) is 0 Å². The zero-order chi connectivity index (χ0) is 69.4. The zero-order valence-electron chi connectivity index (χ0n) is 60.9. The van der Waals surface area contributed by atoms with Crippen LogP contribution in [0.5, 0.6) is 0 Å². The highest BCUT2D eigenvalue weighted by Crippen LogP contribution is 2.45. The predicted molar refractivity (Wildman–Crippen MR) is 381 cm³/mol. The lowest BCUT2D eigenvalue weighted by Gasteiger charge is -2.21. The van der Waals surface area contributed by atoms with Gasteiger partial charge in [0.1, 0.15) is 19.3 Å². The molecule has 0 aromatic rings. The molecule has 94 heavy (non-hydrogen) atoms. The quantitative estimate of drug-likeness (QED) is 0.0169. The Bertz CT molecular complexity index is 1930. The summed E-state index contributed by atoms with van der Waals surface area (Å²) in [7, 11) is -9.92. The Hall–Kier alpha value is -2.46. The number of allylic oxidation sites excluding steroid dienone is 4. The molecule has 3 N–H and O–H groups in total. The number of carbonyl (C=O) groups is 4. The van der Waals surface area contributed by atoms with Crippen LogP contribution in [0.25, 0.3) is 0 Å². The number of aliphatic hydroxyl groups excluding tert-OH is 1. The van der Waals surface area contributed by atoms with Gasteiger partial charge in [-0.3, -0.25) is 37.3 Å². The predicted octanol–water partition coefficient (Wildman–Crippen LogP) is 21.3. The number of esters is 4. The molecule has 0 fully saturated rings. The van der Waals surface area contributed by atoms with Crippen molar-refractivity contribution < 1.29 is 80.2 Å². The number of phosphoric acid groups is 2. The highest BCUT2D eigenvalue weighted by Gasteiger charge is 2.30. The van der Waals surface area contributed by atoms with Crippen LogP contribution in [0.2, 0.25) is 0 Å². The summed E-state index contributed by atoms with van der Waals surface area (Å²) < 4.78 is 68.4. The molecule has 0 bridgehead atoms. The van der Waals surface area contributed by atoms with E-state index in [-0.39, 0.29) is 25.7 Å². The molecule has 5 atom stereocenters. The first-order chi connectivity index (χ1) is 45.2. The van der Waals surface area contributed by atoms with E-state index in [0.717, 1.165) is 121 Å². The molecule has 3 unspecified atom stereocenters. The summed E-state index contributed by atoms with van der Waals surface area (Å²) in [5, 5.41) is 10.6. The minimum Gasteiger partial charge on any atom is -0.462 e. The topological polar surface area (TPSA) is 237 Å². The van der Waals surface area contributed by atoms with Crippen LogP contribution in [0.1, 0.15) is 357 Å². The van der Waals surface area contributed by atoms with E-state index in [1.54, 1.807) is 0 Å². The zero-order valence-corrected chi connectivity index (χ0v) is 62.7. The van der Waals surface area contributed by atoms with Gasteiger partial charge in [0.2, 0.25) is 0 Å². The van der Waals surface area contributed by atoms with Crippen molar-refractivity contribution in [2.75, 3.05) is 39.6 Å². The fraction of sp³-hybridized carbons (Fsp3) is 0.893. The van der Waals surface area contributed by atoms with Crippen molar-refractivity contribution in [3.8, 4) is 0 Å². The summed E-state index contributed by atoms with van der Waals surface area (Å²) in [6.07, 6.45) is 53.6. The van der Waals surface area contributed by atoms with Gasteiger partial charge in [0.05, 0.1) is 26.4 Å². The number of rotatable bonds is 71. The van der Waals surface area contributed by atoms with Crippen LogP contribution in [0, 0.1) is 17.8 Å². The SMILES string of the molecule is CCCCCC/C=C\C=C/CCCCCCCC(=O)OC[C@H](COP(=O)(O)OCC(O)COP(=O)(O)OC[C@@H](COC(=O)CCCCCCCCCCC(C)C)OC(=O)CCCCCCCCCCC(C)C)OC(=O)CCCCCCCCCCCCCCCCC(C)C. The molecule has 0 saturated heterocycles. The highest BCUT2D eigenvalue weighted by molar-refractivity contribution is 7.47. The van der Waals surface area contributed by atoms with Gasteiger partial charge in [-0.2, -0.15) is 0 Å². The van der Waals surface area contributed by atoms with Crippen LogP contribution >= 0.6 is 15.6 Å².